The number of rotatable bonds is 6. The highest BCUT2D eigenvalue weighted by Crippen LogP contribution is 2.32. The Bertz CT molecular complexity index is 556. The summed E-state index contributed by atoms with van der Waals surface area (Å²) >= 11 is 6.13. The maximum atomic E-state index is 12.5. The van der Waals surface area contributed by atoms with Crippen molar-refractivity contribution >= 4 is 21.6 Å². The van der Waals surface area contributed by atoms with Gasteiger partial charge in [-0.3, -0.25) is 0 Å². The zero-order chi connectivity index (χ0) is 14.0. The molecule has 19 heavy (non-hydrogen) atoms. The molecule has 1 aromatic rings. The van der Waals surface area contributed by atoms with Crippen LogP contribution in [-0.4, -0.2) is 32.4 Å². The van der Waals surface area contributed by atoms with E-state index in [1.807, 2.05) is 14.0 Å². The summed E-state index contributed by atoms with van der Waals surface area (Å²) in [4.78, 5) is 0.283. The lowest BCUT2D eigenvalue weighted by Crippen LogP contribution is -2.32. The molecular weight excluding hydrogens is 284 g/mol. The summed E-state index contributed by atoms with van der Waals surface area (Å²) in [5.41, 5.74) is 0.901. The van der Waals surface area contributed by atoms with Crippen LogP contribution in [0.25, 0.3) is 0 Å². The van der Waals surface area contributed by atoms with E-state index in [0.717, 1.165) is 18.4 Å². The van der Waals surface area contributed by atoms with Crippen molar-refractivity contribution in [1.82, 2.24) is 9.62 Å². The SMILES string of the molecule is CCN(C1CC1)S(=O)(=O)c1ccc(CNC)c(Cl)c1. The Morgan fingerprint density at radius 2 is 2.11 bits per heavy atom. The fourth-order valence-corrected chi connectivity index (χ4v) is 4.18. The molecule has 1 N–H and O–H groups in total. The monoisotopic (exact) mass is 302 g/mol. The Morgan fingerprint density at radius 3 is 2.58 bits per heavy atom. The minimum absolute atomic E-state index is 0.172. The van der Waals surface area contributed by atoms with Crippen molar-refractivity contribution in [3.8, 4) is 0 Å². The van der Waals surface area contributed by atoms with Crippen LogP contribution in [0.5, 0.6) is 0 Å². The van der Waals surface area contributed by atoms with Gasteiger partial charge < -0.3 is 5.32 Å². The molecule has 1 aromatic carbocycles. The summed E-state index contributed by atoms with van der Waals surface area (Å²) in [6, 6.07) is 5.13. The second kappa shape index (κ2) is 5.79. The maximum absolute atomic E-state index is 12.5. The molecule has 0 unspecified atom stereocenters. The average molecular weight is 303 g/mol. The van der Waals surface area contributed by atoms with Gasteiger partial charge in [-0.15, -0.1) is 0 Å². The maximum Gasteiger partial charge on any atom is 0.243 e. The van der Waals surface area contributed by atoms with Gasteiger partial charge in [0, 0.05) is 24.2 Å². The topological polar surface area (TPSA) is 49.4 Å². The lowest BCUT2D eigenvalue weighted by atomic mass is 10.2. The van der Waals surface area contributed by atoms with Gasteiger partial charge in [-0.1, -0.05) is 24.6 Å². The summed E-state index contributed by atoms with van der Waals surface area (Å²) in [6.07, 6.45) is 1.91. The molecule has 106 valence electrons. The van der Waals surface area contributed by atoms with Gasteiger partial charge >= 0.3 is 0 Å². The van der Waals surface area contributed by atoms with E-state index < -0.39 is 10.0 Å². The van der Waals surface area contributed by atoms with Crippen molar-refractivity contribution in [2.75, 3.05) is 13.6 Å². The zero-order valence-corrected chi connectivity index (χ0v) is 12.8. The number of sulfonamides is 1. The molecule has 0 atom stereocenters. The molecular formula is C13H19ClN2O2S. The molecule has 1 aliphatic rings. The summed E-state index contributed by atoms with van der Waals surface area (Å²) in [6.45, 7) is 3.00. The van der Waals surface area contributed by atoms with E-state index in [-0.39, 0.29) is 10.9 Å². The Balaban J connectivity index is 2.32. The van der Waals surface area contributed by atoms with Gasteiger partial charge in [-0.2, -0.15) is 4.31 Å². The number of hydrogen-bond acceptors (Lipinski definition) is 3. The van der Waals surface area contributed by atoms with Crippen molar-refractivity contribution in [2.24, 2.45) is 0 Å². The predicted octanol–water partition coefficient (Wildman–Crippen LogP) is 2.23. The molecule has 1 fully saturated rings. The van der Waals surface area contributed by atoms with Crippen LogP contribution in [0.2, 0.25) is 5.02 Å². The highest BCUT2D eigenvalue weighted by atomic mass is 35.5. The molecule has 0 bridgehead atoms. The second-order valence-corrected chi connectivity index (χ2v) is 7.02. The van der Waals surface area contributed by atoms with Crippen molar-refractivity contribution in [3.05, 3.63) is 28.8 Å². The Labute approximate surface area is 119 Å². The molecule has 0 radical (unpaired) electrons. The molecule has 0 heterocycles. The molecule has 4 nitrogen and oxygen atoms in total. The Morgan fingerprint density at radius 1 is 1.42 bits per heavy atom. The Hall–Kier alpha value is -0.620. The molecule has 0 saturated heterocycles. The summed E-state index contributed by atoms with van der Waals surface area (Å²) in [5.74, 6) is 0. The first-order valence-electron chi connectivity index (χ1n) is 6.45. The van der Waals surface area contributed by atoms with Crippen molar-refractivity contribution in [3.63, 3.8) is 0 Å². The molecule has 2 rings (SSSR count). The molecule has 0 spiro atoms. The average Bonchev–Trinajstić information content (AvgIpc) is 3.17. The third kappa shape index (κ3) is 3.11. The van der Waals surface area contributed by atoms with E-state index in [0.29, 0.717) is 18.1 Å². The van der Waals surface area contributed by atoms with Gasteiger partial charge in [0.15, 0.2) is 0 Å². The number of nitrogens with one attached hydrogen (secondary N) is 1. The quantitative estimate of drug-likeness (QED) is 0.877. The molecule has 1 aliphatic carbocycles. The fraction of sp³-hybridized carbons (Fsp3) is 0.538. The third-order valence-corrected chi connectivity index (χ3v) is 5.64. The number of nitrogens with zero attached hydrogens (tertiary/aromatic N) is 1. The van der Waals surface area contributed by atoms with Crippen molar-refractivity contribution in [1.29, 1.82) is 0 Å². The van der Waals surface area contributed by atoms with E-state index >= 15 is 0 Å². The number of hydrogen-bond donors (Lipinski definition) is 1. The van der Waals surface area contributed by atoms with Crippen molar-refractivity contribution < 1.29 is 8.42 Å². The van der Waals surface area contributed by atoms with Crippen LogP contribution in [0.3, 0.4) is 0 Å². The lowest BCUT2D eigenvalue weighted by molar-refractivity contribution is 0.421. The van der Waals surface area contributed by atoms with Crippen LogP contribution >= 0.6 is 11.6 Å². The highest BCUT2D eigenvalue weighted by molar-refractivity contribution is 7.89. The molecule has 6 heteroatoms. The fourth-order valence-electron chi connectivity index (χ4n) is 2.14. The van der Waals surface area contributed by atoms with E-state index in [1.54, 1.807) is 22.5 Å². The van der Waals surface area contributed by atoms with Gasteiger partial charge in [0.05, 0.1) is 4.90 Å². The largest absolute Gasteiger partial charge is 0.316 e. The highest BCUT2D eigenvalue weighted by Gasteiger charge is 2.36. The summed E-state index contributed by atoms with van der Waals surface area (Å²) in [7, 11) is -1.59. The lowest BCUT2D eigenvalue weighted by Gasteiger charge is -2.20. The normalized spacial score (nSPS) is 16.0. The summed E-state index contributed by atoms with van der Waals surface area (Å²) in [5, 5.41) is 3.49. The zero-order valence-electron chi connectivity index (χ0n) is 11.2. The van der Waals surface area contributed by atoms with Gasteiger partial charge in [0.2, 0.25) is 10.0 Å². The first-order valence-corrected chi connectivity index (χ1v) is 8.27. The van der Waals surface area contributed by atoms with Gasteiger partial charge in [-0.05, 0) is 37.6 Å². The molecule has 0 amide bonds. The van der Waals surface area contributed by atoms with Gasteiger partial charge in [0.25, 0.3) is 0 Å². The Kier molecular flexibility index (Phi) is 4.50. The molecule has 0 aliphatic heterocycles. The van der Waals surface area contributed by atoms with Crippen LogP contribution in [0.1, 0.15) is 25.3 Å². The van der Waals surface area contributed by atoms with Gasteiger partial charge in [0.1, 0.15) is 0 Å². The van der Waals surface area contributed by atoms with Crippen molar-refractivity contribution in [2.45, 2.75) is 37.2 Å². The van der Waals surface area contributed by atoms with Gasteiger partial charge in [-0.25, -0.2) is 8.42 Å². The minimum Gasteiger partial charge on any atom is -0.316 e. The third-order valence-electron chi connectivity index (χ3n) is 3.26. The number of benzene rings is 1. The smallest absolute Gasteiger partial charge is 0.243 e. The molecule has 0 aromatic heterocycles. The first kappa shape index (κ1) is 14.8. The second-order valence-electron chi connectivity index (χ2n) is 4.72. The predicted molar refractivity (Wildman–Crippen MR) is 76.8 cm³/mol. The number of halogens is 1. The minimum atomic E-state index is -3.41. The molecule has 1 saturated carbocycles. The van der Waals surface area contributed by atoms with E-state index in [9.17, 15) is 8.42 Å². The van der Waals surface area contributed by atoms with Crippen LogP contribution < -0.4 is 5.32 Å². The van der Waals surface area contributed by atoms with Crippen LogP contribution in [0.4, 0.5) is 0 Å². The standard InChI is InChI=1S/C13H19ClN2O2S/c1-3-16(11-5-6-11)19(17,18)12-7-4-10(9-15-2)13(14)8-12/h4,7-8,11,15H,3,5-6,9H2,1-2H3. The van der Waals surface area contributed by atoms with E-state index in [4.69, 9.17) is 11.6 Å². The first-order chi connectivity index (χ1) is 9.00. The van der Waals surface area contributed by atoms with Crippen LogP contribution in [0, 0.1) is 0 Å². The summed E-state index contributed by atoms with van der Waals surface area (Å²) < 4.78 is 26.6. The van der Waals surface area contributed by atoms with E-state index in [1.165, 1.54) is 0 Å². The van der Waals surface area contributed by atoms with E-state index in [2.05, 4.69) is 5.32 Å². The van der Waals surface area contributed by atoms with Crippen LogP contribution in [-0.2, 0) is 16.6 Å². The van der Waals surface area contributed by atoms with Crippen LogP contribution in [0.15, 0.2) is 23.1 Å².